The van der Waals surface area contributed by atoms with Crippen molar-refractivity contribution in [1.82, 2.24) is 15.3 Å². The first-order valence-electron chi connectivity index (χ1n) is 11.7. The zero-order chi connectivity index (χ0) is 21.8. The molecule has 0 saturated heterocycles. The molecule has 4 aliphatic carbocycles. The van der Waals surface area contributed by atoms with Gasteiger partial charge in [-0.2, -0.15) is 0 Å². The fraction of sp³-hybridized carbons (Fsp3) is 0.444. The fourth-order valence-corrected chi connectivity index (χ4v) is 7.91. The number of pyridine rings is 1. The molecule has 5 heteroatoms. The Morgan fingerprint density at radius 1 is 1.06 bits per heavy atom. The quantitative estimate of drug-likeness (QED) is 0.553. The third kappa shape index (κ3) is 3.38. The summed E-state index contributed by atoms with van der Waals surface area (Å²) >= 11 is 1.61. The molecule has 2 unspecified atom stereocenters. The number of aryl methyl sites for hydroxylation is 1. The summed E-state index contributed by atoms with van der Waals surface area (Å²) in [6.07, 6.45) is 10.5. The lowest BCUT2D eigenvalue weighted by Gasteiger charge is -2.61. The summed E-state index contributed by atoms with van der Waals surface area (Å²) in [5.41, 5.74) is 4.76. The largest absolute Gasteiger partial charge is 0.349 e. The predicted octanol–water partition coefficient (Wildman–Crippen LogP) is 5.67. The molecule has 0 radical (unpaired) electrons. The van der Waals surface area contributed by atoms with Gasteiger partial charge < -0.3 is 5.32 Å². The first-order valence-corrected chi connectivity index (χ1v) is 12.6. The van der Waals surface area contributed by atoms with Crippen LogP contribution >= 0.6 is 11.3 Å². The van der Waals surface area contributed by atoms with E-state index in [1.165, 1.54) is 30.4 Å². The summed E-state index contributed by atoms with van der Waals surface area (Å²) in [6, 6.07) is 13.1. The lowest BCUT2D eigenvalue weighted by molar-refractivity contribution is -0.149. The Labute approximate surface area is 193 Å². The lowest BCUT2D eigenvalue weighted by atomic mass is 9.42. The van der Waals surface area contributed by atoms with Crippen LogP contribution in [0.5, 0.6) is 0 Å². The highest BCUT2D eigenvalue weighted by Gasteiger charge is 2.60. The van der Waals surface area contributed by atoms with Crippen LogP contribution in [0.15, 0.2) is 54.2 Å². The summed E-state index contributed by atoms with van der Waals surface area (Å²) in [6.45, 7) is 2.67. The Bertz CT molecular complexity index is 1120. The van der Waals surface area contributed by atoms with Gasteiger partial charge in [0.2, 0.25) is 5.91 Å². The summed E-state index contributed by atoms with van der Waals surface area (Å²) in [5.74, 6) is 1.62. The van der Waals surface area contributed by atoms with E-state index in [9.17, 15) is 4.79 Å². The Kier molecular flexibility index (Phi) is 4.72. The van der Waals surface area contributed by atoms with Gasteiger partial charge in [0.05, 0.1) is 17.7 Å². The molecule has 2 atom stereocenters. The molecule has 7 rings (SSSR count). The van der Waals surface area contributed by atoms with Crippen molar-refractivity contribution in [3.63, 3.8) is 0 Å². The van der Waals surface area contributed by atoms with E-state index in [-0.39, 0.29) is 16.7 Å². The van der Waals surface area contributed by atoms with Crippen LogP contribution in [0.2, 0.25) is 0 Å². The maximum atomic E-state index is 13.6. The Balaban J connectivity index is 1.20. The SMILES string of the molecule is Cc1ccc(C23CC4CC(CC(C(=O)NCc5nc(-c6ccncc6)cs5)(C4)C2)C3)cc1. The summed E-state index contributed by atoms with van der Waals surface area (Å²) < 4.78 is 0. The van der Waals surface area contributed by atoms with Crippen LogP contribution < -0.4 is 5.32 Å². The molecule has 4 fully saturated rings. The van der Waals surface area contributed by atoms with E-state index < -0.39 is 0 Å². The maximum absolute atomic E-state index is 13.6. The normalized spacial score (nSPS) is 30.4. The first-order chi connectivity index (χ1) is 15.5. The molecule has 164 valence electrons. The van der Waals surface area contributed by atoms with E-state index >= 15 is 0 Å². The van der Waals surface area contributed by atoms with Gasteiger partial charge in [0.15, 0.2) is 0 Å². The minimum Gasteiger partial charge on any atom is -0.349 e. The minimum absolute atomic E-state index is 0.185. The maximum Gasteiger partial charge on any atom is 0.226 e. The molecule has 4 nitrogen and oxygen atoms in total. The highest BCUT2D eigenvalue weighted by atomic mass is 32.1. The molecule has 1 aromatic carbocycles. The van der Waals surface area contributed by atoms with Crippen LogP contribution in [-0.2, 0) is 16.8 Å². The Hall–Kier alpha value is -2.53. The molecule has 1 amide bonds. The Morgan fingerprint density at radius 3 is 2.50 bits per heavy atom. The number of amides is 1. The van der Waals surface area contributed by atoms with Crippen LogP contribution in [0.4, 0.5) is 0 Å². The number of carbonyl (C=O) groups is 1. The second-order valence-electron chi connectivity index (χ2n) is 10.4. The van der Waals surface area contributed by atoms with Gasteiger partial charge in [0.1, 0.15) is 5.01 Å². The summed E-state index contributed by atoms with van der Waals surface area (Å²) in [5, 5.41) is 6.32. The zero-order valence-electron chi connectivity index (χ0n) is 18.5. The van der Waals surface area contributed by atoms with E-state index in [0.717, 1.165) is 35.5 Å². The van der Waals surface area contributed by atoms with E-state index in [2.05, 4.69) is 46.9 Å². The van der Waals surface area contributed by atoms with Crippen molar-refractivity contribution in [1.29, 1.82) is 0 Å². The fourth-order valence-electron chi connectivity index (χ4n) is 7.16. The van der Waals surface area contributed by atoms with E-state index in [1.807, 2.05) is 12.1 Å². The van der Waals surface area contributed by atoms with Gasteiger partial charge in [-0.25, -0.2) is 4.98 Å². The Morgan fingerprint density at radius 2 is 1.78 bits per heavy atom. The van der Waals surface area contributed by atoms with Crippen molar-refractivity contribution in [3.05, 3.63) is 70.3 Å². The number of aromatic nitrogens is 2. The monoisotopic (exact) mass is 443 g/mol. The number of rotatable bonds is 5. The molecule has 3 aromatic rings. The van der Waals surface area contributed by atoms with Gasteiger partial charge in [0, 0.05) is 23.3 Å². The van der Waals surface area contributed by atoms with E-state index in [1.54, 1.807) is 23.7 Å². The second kappa shape index (κ2) is 7.51. The van der Waals surface area contributed by atoms with Crippen molar-refractivity contribution in [2.24, 2.45) is 17.3 Å². The van der Waals surface area contributed by atoms with Gasteiger partial charge in [0.25, 0.3) is 0 Å². The van der Waals surface area contributed by atoms with Crippen molar-refractivity contribution in [2.75, 3.05) is 0 Å². The van der Waals surface area contributed by atoms with Crippen molar-refractivity contribution >= 4 is 17.2 Å². The van der Waals surface area contributed by atoms with E-state index in [4.69, 9.17) is 4.98 Å². The zero-order valence-corrected chi connectivity index (χ0v) is 19.3. The molecule has 0 spiro atoms. The molecule has 2 aromatic heterocycles. The molecule has 4 saturated carbocycles. The topological polar surface area (TPSA) is 54.9 Å². The third-order valence-corrected chi connectivity index (χ3v) is 8.98. The number of benzene rings is 1. The smallest absolute Gasteiger partial charge is 0.226 e. The molecular weight excluding hydrogens is 414 g/mol. The molecule has 32 heavy (non-hydrogen) atoms. The summed E-state index contributed by atoms with van der Waals surface area (Å²) in [7, 11) is 0. The number of nitrogens with one attached hydrogen (secondary N) is 1. The highest BCUT2D eigenvalue weighted by molar-refractivity contribution is 7.09. The minimum atomic E-state index is -0.208. The second-order valence-corrected chi connectivity index (χ2v) is 11.4. The van der Waals surface area contributed by atoms with Gasteiger partial charge in [-0.1, -0.05) is 29.8 Å². The van der Waals surface area contributed by atoms with Crippen molar-refractivity contribution in [3.8, 4) is 11.3 Å². The van der Waals surface area contributed by atoms with Crippen LogP contribution in [0.3, 0.4) is 0 Å². The van der Waals surface area contributed by atoms with Crippen LogP contribution in [0, 0.1) is 24.2 Å². The van der Waals surface area contributed by atoms with Crippen LogP contribution in [0.1, 0.15) is 54.7 Å². The molecule has 1 N–H and O–H groups in total. The molecule has 2 heterocycles. The number of hydrogen-bond donors (Lipinski definition) is 1. The standard InChI is InChI=1S/C27H29N3OS/c1-18-2-4-22(5-3-18)26-11-19-10-20(12-26)14-27(13-19,17-26)25(31)29-15-24-30-23(16-32-24)21-6-8-28-9-7-21/h2-9,16,19-20H,10-15,17H2,1H3,(H,29,31). The number of hydrogen-bond acceptors (Lipinski definition) is 4. The molecule has 4 aliphatic rings. The van der Waals surface area contributed by atoms with Crippen molar-refractivity contribution in [2.45, 2.75) is 57.4 Å². The average Bonchev–Trinajstić information content (AvgIpc) is 3.27. The van der Waals surface area contributed by atoms with E-state index in [0.29, 0.717) is 18.4 Å². The average molecular weight is 444 g/mol. The van der Waals surface area contributed by atoms with Gasteiger partial charge >= 0.3 is 0 Å². The summed E-state index contributed by atoms with van der Waals surface area (Å²) in [4.78, 5) is 22.5. The molecule has 0 aliphatic heterocycles. The molecule has 4 bridgehead atoms. The number of carbonyl (C=O) groups excluding carboxylic acids is 1. The third-order valence-electron chi connectivity index (χ3n) is 8.13. The van der Waals surface area contributed by atoms with Crippen molar-refractivity contribution < 1.29 is 4.79 Å². The van der Waals surface area contributed by atoms with Gasteiger partial charge in [-0.15, -0.1) is 11.3 Å². The predicted molar refractivity (Wildman–Crippen MR) is 127 cm³/mol. The van der Waals surface area contributed by atoms with Gasteiger partial charge in [-0.3, -0.25) is 9.78 Å². The molecular formula is C27H29N3OS. The number of thiazole rings is 1. The first kappa shape index (κ1) is 20.1. The lowest BCUT2D eigenvalue weighted by Crippen LogP contribution is -2.59. The van der Waals surface area contributed by atoms with Crippen LogP contribution in [-0.4, -0.2) is 15.9 Å². The van der Waals surface area contributed by atoms with Gasteiger partial charge in [-0.05, 0) is 80.4 Å². The number of nitrogens with zero attached hydrogens (tertiary/aromatic N) is 2. The highest BCUT2D eigenvalue weighted by Crippen LogP contribution is 2.65. The van der Waals surface area contributed by atoms with Crippen LogP contribution in [0.25, 0.3) is 11.3 Å².